The number of aromatic nitrogens is 1. The highest BCUT2D eigenvalue weighted by Crippen LogP contribution is 2.29. The van der Waals surface area contributed by atoms with Crippen LogP contribution in [0.5, 0.6) is 0 Å². The van der Waals surface area contributed by atoms with E-state index >= 15 is 0 Å². The van der Waals surface area contributed by atoms with Crippen molar-refractivity contribution < 1.29 is 18.0 Å². The molecule has 194 valence electrons. The van der Waals surface area contributed by atoms with Gasteiger partial charge in [-0.3, -0.25) is 9.52 Å². The van der Waals surface area contributed by atoms with Gasteiger partial charge in [-0.1, -0.05) is 60.3 Å². The molecule has 1 aliphatic rings. The molecule has 9 nitrogen and oxygen atoms in total. The van der Waals surface area contributed by atoms with Crippen LogP contribution in [0.15, 0.2) is 88.8 Å². The molecule has 0 unspecified atom stereocenters. The molecule has 3 N–H and O–H groups in total. The van der Waals surface area contributed by atoms with Crippen LogP contribution < -0.4 is 15.4 Å². The van der Waals surface area contributed by atoms with Crippen molar-refractivity contribution in [3.63, 3.8) is 0 Å². The van der Waals surface area contributed by atoms with Crippen LogP contribution >= 0.6 is 11.8 Å². The lowest BCUT2D eigenvalue weighted by Gasteiger charge is -2.26. The number of sulfonamides is 1. The number of nitrogens with zero attached hydrogens (tertiary/aromatic N) is 2. The number of hydrogen-bond acceptors (Lipinski definition) is 6. The van der Waals surface area contributed by atoms with E-state index < -0.39 is 10.0 Å². The maximum atomic E-state index is 13.4. The highest BCUT2D eigenvalue weighted by Gasteiger charge is 2.22. The lowest BCUT2D eigenvalue weighted by atomic mass is 10.1. The zero-order chi connectivity index (χ0) is 26.7. The number of carbonyl (C=O) groups excluding carboxylic acids is 2. The Morgan fingerprint density at radius 3 is 2.68 bits per heavy atom. The molecule has 5 rings (SSSR count). The average Bonchev–Trinajstić information content (AvgIpc) is 2.91. The number of urea groups is 1. The van der Waals surface area contributed by atoms with E-state index in [0.29, 0.717) is 40.4 Å². The first-order valence-electron chi connectivity index (χ1n) is 11.8. The van der Waals surface area contributed by atoms with Crippen LogP contribution in [-0.2, 0) is 27.9 Å². The monoisotopic (exact) mass is 547 g/mol. The third-order valence-corrected chi connectivity index (χ3v) is 8.33. The summed E-state index contributed by atoms with van der Waals surface area (Å²) in [7, 11) is -2.31. The first kappa shape index (κ1) is 25.6. The van der Waals surface area contributed by atoms with Crippen LogP contribution in [0.2, 0.25) is 0 Å². The minimum atomic E-state index is -3.98. The molecule has 3 amide bonds. The van der Waals surface area contributed by atoms with Gasteiger partial charge in [-0.05, 0) is 41.5 Å². The molecule has 0 atom stereocenters. The van der Waals surface area contributed by atoms with Gasteiger partial charge in [-0.25, -0.2) is 18.2 Å². The number of fused-ring (bicyclic) bond motifs is 2. The molecular weight excluding hydrogens is 522 g/mol. The van der Waals surface area contributed by atoms with Crippen molar-refractivity contribution in [2.45, 2.75) is 23.0 Å². The lowest BCUT2D eigenvalue weighted by Crippen LogP contribution is -2.35. The maximum Gasteiger partial charge on any atom is 0.321 e. The number of amides is 3. The molecule has 0 radical (unpaired) electrons. The maximum absolute atomic E-state index is 13.4. The number of nitrogens with one attached hydrogen (secondary N) is 3. The van der Waals surface area contributed by atoms with Gasteiger partial charge in [0.2, 0.25) is 5.91 Å². The summed E-state index contributed by atoms with van der Waals surface area (Å²) in [6, 6.07) is 22.9. The van der Waals surface area contributed by atoms with Crippen LogP contribution in [0.3, 0.4) is 0 Å². The zero-order valence-electron chi connectivity index (χ0n) is 20.5. The summed E-state index contributed by atoms with van der Waals surface area (Å²) >= 11 is 1.24. The summed E-state index contributed by atoms with van der Waals surface area (Å²) in [5.74, 6) is 0.0103. The van der Waals surface area contributed by atoms with Gasteiger partial charge in [0.15, 0.2) is 0 Å². The summed E-state index contributed by atoms with van der Waals surface area (Å²) < 4.78 is 29.4. The second-order valence-electron chi connectivity index (χ2n) is 8.79. The van der Waals surface area contributed by atoms with E-state index in [1.807, 2.05) is 30.3 Å². The van der Waals surface area contributed by atoms with Crippen LogP contribution in [0.25, 0.3) is 10.9 Å². The van der Waals surface area contributed by atoms with Gasteiger partial charge in [0.05, 0.1) is 16.3 Å². The molecular formula is C27H25N5O4S2. The van der Waals surface area contributed by atoms with E-state index in [1.54, 1.807) is 49.5 Å². The van der Waals surface area contributed by atoms with Crippen LogP contribution in [0, 0.1) is 0 Å². The highest BCUT2D eigenvalue weighted by molar-refractivity contribution is 7.99. The van der Waals surface area contributed by atoms with E-state index in [-0.39, 0.29) is 22.6 Å². The molecule has 0 saturated carbocycles. The van der Waals surface area contributed by atoms with Crippen LogP contribution in [0.4, 0.5) is 16.2 Å². The van der Waals surface area contributed by atoms with E-state index in [1.165, 1.54) is 22.7 Å². The van der Waals surface area contributed by atoms with Crippen LogP contribution in [0.1, 0.15) is 11.1 Å². The smallest absolute Gasteiger partial charge is 0.321 e. The SMILES string of the molecule is CN1Cc2cc(NS(=O)(=O)c3cccc4ccc(SCC(=O)NCc5ccccc5)nc34)ccc2NC1=O. The lowest BCUT2D eigenvalue weighted by molar-refractivity contribution is -0.118. The van der Waals surface area contributed by atoms with Gasteiger partial charge < -0.3 is 15.5 Å². The van der Waals surface area contributed by atoms with Crippen molar-refractivity contribution in [2.24, 2.45) is 0 Å². The first-order chi connectivity index (χ1) is 18.3. The second-order valence-corrected chi connectivity index (χ2v) is 11.4. The Kier molecular flexibility index (Phi) is 7.21. The Hall–Kier alpha value is -4.09. The molecule has 0 fully saturated rings. The minimum absolute atomic E-state index is 0.0362. The number of thioether (sulfide) groups is 1. The molecule has 0 saturated heterocycles. The van der Waals surface area contributed by atoms with Crippen molar-refractivity contribution in [1.29, 1.82) is 0 Å². The van der Waals surface area contributed by atoms with Gasteiger partial charge in [0.1, 0.15) is 4.90 Å². The first-order valence-corrected chi connectivity index (χ1v) is 14.3. The summed E-state index contributed by atoms with van der Waals surface area (Å²) in [6.07, 6.45) is 0. The molecule has 38 heavy (non-hydrogen) atoms. The number of anilines is 2. The third kappa shape index (κ3) is 5.74. The average molecular weight is 548 g/mol. The number of para-hydroxylation sites is 1. The molecule has 1 aliphatic heterocycles. The molecule has 3 aromatic carbocycles. The fourth-order valence-corrected chi connectivity index (χ4v) is 5.97. The summed E-state index contributed by atoms with van der Waals surface area (Å²) in [4.78, 5) is 30.3. The number of rotatable bonds is 8. The van der Waals surface area contributed by atoms with E-state index in [0.717, 1.165) is 11.1 Å². The van der Waals surface area contributed by atoms with Crippen molar-refractivity contribution in [3.8, 4) is 0 Å². The molecule has 0 bridgehead atoms. The third-order valence-electron chi connectivity index (χ3n) is 5.98. The van der Waals surface area contributed by atoms with E-state index in [4.69, 9.17) is 0 Å². The summed E-state index contributed by atoms with van der Waals surface area (Å²) in [5.41, 5.74) is 3.16. The molecule has 11 heteroatoms. The molecule has 0 aliphatic carbocycles. The standard InChI is InChI=1S/C27H25N5O4S2/c1-32-16-20-14-21(11-12-22(20)29-27(32)34)31-38(35,36)23-9-5-8-19-10-13-25(30-26(19)23)37-17-24(33)28-15-18-6-3-2-4-7-18/h2-14,31H,15-17H2,1H3,(H,28,33)(H,29,34). The largest absolute Gasteiger partial charge is 0.351 e. The highest BCUT2D eigenvalue weighted by atomic mass is 32.2. The number of hydrogen-bond donors (Lipinski definition) is 3. The van der Waals surface area contributed by atoms with Gasteiger partial charge >= 0.3 is 6.03 Å². The molecule has 2 heterocycles. The zero-order valence-corrected chi connectivity index (χ0v) is 22.1. The Morgan fingerprint density at radius 1 is 1.05 bits per heavy atom. The van der Waals surface area contributed by atoms with E-state index in [2.05, 4.69) is 20.3 Å². The second kappa shape index (κ2) is 10.7. The quantitative estimate of drug-likeness (QED) is 0.281. The number of pyridine rings is 1. The number of benzene rings is 3. The summed E-state index contributed by atoms with van der Waals surface area (Å²) in [5, 5.41) is 6.85. The fraction of sp³-hybridized carbons (Fsp3) is 0.148. The summed E-state index contributed by atoms with van der Waals surface area (Å²) in [6.45, 7) is 0.802. The van der Waals surface area contributed by atoms with Crippen molar-refractivity contribution in [3.05, 3.63) is 90.0 Å². The topological polar surface area (TPSA) is 120 Å². The van der Waals surface area contributed by atoms with Crippen molar-refractivity contribution >= 4 is 56.0 Å². The molecule has 0 spiro atoms. The van der Waals surface area contributed by atoms with Gasteiger partial charge in [0, 0.05) is 36.9 Å². The van der Waals surface area contributed by atoms with Crippen molar-refractivity contribution in [1.82, 2.24) is 15.2 Å². The Bertz CT molecular complexity index is 1630. The van der Waals surface area contributed by atoms with Gasteiger partial charge in [0.25, 0.3) is 10.0 Å². The van der Waals surface area contributed by atoms with Gasteiger partial charge in [-0.15, -0.1) is 0 Å². The molecule has 1 aromatic heterocycles. The fourth-order valence-electron chi connectivity index (χ4n) is 4.04. The minimum Gasteiger partial charge on any atom is -0.351 e. The van der Waals surface area contributed by atoms with E-state index in [9.17, 15) is 18.0 Å². The predicted molar refractivity (Wildman–Crippen MR) is 148 cm³/mol. The Balaban J connectivity index is 1.32. The van der Waals surface area contributed by atoms with Crippen LogP contribution in [-0.4, -0.2) is 43.0 Å². The normalized spacial score (nSPS) is 13.1. The van der Waals surface area contributed by atoms with Crippen molar-refractivity contribution in [2.75, 3.05) is 22.8 Å². The van der Waals surface area contributed by atoms with Gasteiger partial charge in [-0.2, -0.15) is 0 Å². The molecule has 4 aromatic rings. The number of carbonyl (C=O) groups is 2. The Labute approximate surface area is 224 Å². The predicted octanol–water partition coefficient (Wildman–Crippen LogP) is 4.42. The Morgan fingerprint density at radius 2 is 1.87 bits per heavy atom.